The van der Waals surface area contributed by atoms with Gasteiger partial charge in [0.1, 0.15) is 5.56 Å². The Bertz CT molecular complexity index is 758. The number of methoxy groups -OCH3 is 1. The lowest BCUT2D eigenvalue weighted by atomic mass is 9.88. The predicted octanol–water partition coefficient (Wildman–Crippen LogP) is 3.56. The topological polar surface area (TPSA) is 91.3 Å². The molecule has 7 nitrogen and oxygen atoms in total. The van der Waals surface area contributed by atoms with Crippen molar-refractivity contribution >= 4 is 5.69 Å². The smallest absolute Gasteiger partial charge is 0.323 e. The van der Waals surface area contributed by atoms with E-state index < -0.39 is 4.92 Å². The van der Waals surface area contributed by atoms with Gasteiger partial charge in [0.05, 0.1) is 12.0 Å². The van der Waals surface area contributed by atoms with Crippen LogP contribution >= 0.6 is 0 Å². The number of para-hydroxylation sites is 1. The van der Waals surface area contributed by atoms with Crippen LogP contribution in [0.2, 0.25) is 0 Å². The number of hydrogen-bond donors (Lipinski definition) is 0. The summed E-state index contributed by atoms with van der Waals surface area (Å²) in [7, 11) is 1.40. The zero-order valence-electron chi connectivity index (χ0n) is 12.8. The van der Waals surface area contributed by atoms with Gasteiger partial charge in [0.15, 0.2) is 11.6 Å². The third-order valence-electron chi connectivity index (χ3n) is 4.99. The molecule has 0 N–H and O–H groups in total. The number of benzene rings is 1. The summed E-state index contributed by atoms with van der Waals surface area (Å²) in [4.78, 5) is 15.4. The van der Waals surface area contributed by atoms with Gasteiger partial charge in [-0.15, -0.1) is 0 Å². The summed E-state index contributed by atoms with van der Waals surface area (Å²) in [5, 5.41) is 15.5. The van der Waals surface area contributed by atoms with Gasteiger partial charge in [-0.05, 0) is 36.8 Å². The maximum absolute atomic E-state index is 11.4. The van der Waals surface area contributed by atoms with Gasteiger partial charge in [0.25, 0.3) is 5.89 Å². The Morgan fingerprint density at radius 3 is 3.04 bits per heavy atom. The summed E-state index contributed by atoms with van der Waals surface area (Å²) in [5.74, 6) is 2.86. The zero-order valence-corrected chi connectivity index (χ0v) is 12.8. The van der Waals surface area contributed by atoms with E-state index in [1.165, 1.54) is 26.4 Å². The third-order valence-corrected chi connectivity index (χ3v) is 4.99. The van der Waals surface area contributed by atoms with Crippen molar-refractivity contribution in [1.29, 1.82) is 0 Å². The molecule has 2 aliphatic rings. The van der Waals surface area contributed by atoms with E-state index in [9.17, 15) is 10.1 Å². The standard InChI is InChI=1S/C16H17N3O4/c1-22-13-7-3-6-11(14(13)19(20)21)16-17-15(18-23-16)10-5-2-4-9-8-12(9)10/h3,6-7,9-10,12H,2,4-5,8H2,1H3. The Kier molecular flexibility index (Phi) is 3.28. The van der Waals surface area contributed by atoms with E-state index in [1.54, 1.807) is 18.2 Å². The Balaban J connectivity index is 1.71. The van der Waals surface area contributed by atoms with Crippen molar-refractivity contribution in [2.45, 2.75) is 31.6 Å². The van der Waals surface area contributed by atoms with Gasteiger partial charge in [-0.25, -0.2) is 0 Å². The van der Waals surface area contributed by atoms with Crippen LogP contribution in [-0.2, 0) is 0 Å². The van der Waals surface area contributed by atoms with Crippen molar-refractivity contribution in [3.63, 3.8) is 0 Å². The first-order valence-corrected chi connectivity index (χ1v) is 7.84. The lowest BCUT2D eigenvalue weighted by molar-refractivity contribution is -0.385. The quantitative estimate of drug-likeness (QED) is 0.633. The number of fused-ring (bicyclic) bond motifs is 1. The van der Waals surface area contributed by atoms with Crippen molar-refractivity contribution in [2.24, 2.45) is 11.8 Å². The van der Waals surface area contributed by atoms with E-state index in [4.69, 9.17) is 9.26 Å². The Morgan fingerprint density at radius 2 is 2.26 bits per heavy atom. The van der Waals surface area contributed by atoms with Gasteiger partial charge >= 0.3 is 5.69 Å². The molecule has 2 aromatic rings. The van der Waals surface area contributed by atoms with Crippen molar-refractivity contribution in [3.8, 4) is 17.2 Å². The minimum absolute atomic E-state index is 0.141. The van der Waals surface area contributed by atoms with Crippen LogP contribution in [0.1, 0.15) is 37.4 Å². The van der Waals surface area contributed by atoms with Crippen LogP contribution in [0.4, 0.5) is 5.69 Å². The molecule has 0 bridgehead atoms. The molecular weight excluding hydrogens is 298 g/mol. The Morgan fingerprint density at radius 1 is 1.39 bits per heavy atom. The number of ether oxygens (including phenoxy) is 1. The van der Waals surface area contributed by atoms with Crippen molar-refractivity contribution in [2.75, 3.05) is 7.11 Å². The first-order chi connectivity index (χ1) is 11.2. The fourth-order valence-corrected chi connectivity index (χ4v) is 3.77. The third kappa shape index (κ3) is 2.36. The second-order valence-electron chi connectivity index (χ2n) is 6.27. The average Bonchev–Trinajstić information content (AvgIpc) is 3.21. The van der Waals surface area contributed by atoms with Crippen LogP contribution in [0.25, 0.3) is 11.5 Å². The van der Waals surface area contributed by atoms with Crippen molar-refractivity contribution in [3.05, 3.63) is 34.1 Å². The minimum atomic E-state index is -0.477. The fraction of sp³-hybridized carbons (Fsp3) is 0.500. The molecule has 1 aromatic heterocycles. The normalized spacial score (nSPS) is 25.7. The summed E-state index contributed by atoms with van der Waals surface area (Å²) in [6, 6.07) is 4.84. The molecular formula is C16H17N3O4. The van der Waals surface area contributed by atoms with Crippen molar-refractivity contribution in [1.82, 2.24) is 10.1 Å². The molecule has 0 saturated heterocycles. The summed E-state index contributed by atoms with van der Waals surface area (Å²) >= 11 is 0. The number of nitro groups is 1. The molecule has 3 atom stereocenters. The zero-order chi connectivity index (χ0) is 16.0. The summed E-state index contributed by atoms with van der Waals surface area (Å²) in [5.41, 5.74) is 0.161. The molecule has 0 spiro atoms. The van der Waals surface area contributed by atoms with E-state index in [1.807, 2.05) is 0 Å². The molecule has 2 aliphatic carbocycles. The van der Waals surface area contributed by atoms with Crippen molar-refractivity contribution < 1.29 is 14.2 Å². The highest BCUT2D eigenvalue weighted by Gasteiger charge is 2.47. The molecule has 1 aromatic carbocycles. The molecule has 7 heteroatoms. The minimum Gasteiger partial charge on any atom is -0.490 e. The maximum Gasteiger partial charge on any atom is 0.323 e. The van der Waals surface area contributed by atoms with Gasteiger partial charge in [-0.3, -0.25) is 10.1 Å². The van der Waals surface area contributed by atoms with Crippen LogP contribution < -0.4 is 4.74 Å². The van der Waals surface area contributed by atoms with Gasteiger partial charge in [0.2, 0.25) is 0 Å². The second kappa shape index (κ2) is 5.33. The van der Waals surface area contributed by atoms with Crippen LogP contribution in [0.3, 0.4) is 0 Å². The van der Waals surface area contributed by atoms with Crippen LogP contribution in [0, 0.1) is 22.0 Å². The SMILES string of the molecule is COc1cccc(-c2nc(C3CCCC4CC43)no2)c1[N+](=O)[O-]. The molecule has 0 aliphatic heterocycles. The molecule has 3 unspecified atom stereocenters. The number of nitro benzene ring substituents is 1. The Labute approximate surface area is 132 Å². The summed E-state index contributed by atoms with van der Waals surface area (Å²) in [6.45, 7) is 0. The number of rotatable bonds is 4. The Hall–Kier alpha value is -2.44. The van der Waals surface area contributed by atoms with E-state index in [0.717, 1.165) is 12.3 Å². The first-order valence-electron chi connectivity index (χ1n) is 7.84. The number of hydrogen-bond acceptors (Lipinski definition) is 6. The molecule has 4 rings (SSSR count). The summed E-state index contributed by atoms with van der Waals surface area (Å²) < 4.78 is 10.4. The predicted molar refractivity (Wildman–Crippen MR) is 81.1 cm³/mol. The lowest BCUT2D eigenvalue weighted by Gasteiger charge is -2.17. The van der Waals surface area contributed by atoms with Gasteiger partial charge in [0, 0.05) is 5.92 Å². The average molecular weight is 315 g/mol. The lowest BCUT2D eigenvalue weighted by Crippen LogP contribution is -2.09. The van der Waals surface area contributed by atoms with Gasteiger partial charge in [-0.2, -0.15) is 4.98 Å². The van der Waals surface area contributed by atoms with Gasteiger partial charge < -0.3 is 9.26 Å². The van der Waals surface area contributed by atoms with E-state index >= 15 is 0 Å². The largest absolute Gasteiger partial charge is 0.490 e. The monoisotopic (exact) mass is 315 g/mol. The number of nitrogens with zero attached hydrogens (tertiary/aromatic N) is 3. The van der Waals surface area contributed by atoms with Crippen LogP contribution in [-0.4, -0.2) is 22.2 Å². The molecule has 120 valence electrons. The van der Waals surface area contributed by atoms with Crippen LogP contribution in [0.5, 0.6) is 5.75 Å². The van der Waals surface area contributed by atoms with E-state index in [-0.39, 0.29) is 17.3 Å². The molecule has 23 heavy (non-hydrogen) atoms. The summed E-state index contributed by atoms with van der Waals surface area (Å²) in [6.07, 6.45) is 4.80. The molecule has 0 amide bonds. The fourth-order valence-electron chi connectivity index (χ4n) is 3.77. The number of aromatic nitrogens is 2. The van der Waals surface area contributed by atoms with Gasteiger partial charge in [-0.1, -0.05) is 24.1 Å². The highest BCUT2D eigenvalue weighted by atomic mass is 16.6. The van der Waals surface area contributed by atoms with E-state index in [2.05, 4.69) is 10.1 Å². The maximum atomic E-state index is 11.4. The molecule has 2 saturated carbocycles. The van der Waals surface area contributed by atoms with E-state index in [0.29, 0.717) is 23.2 Å². The first kappa shape index (κ1) is 14.2. The molecule has 1 heterocycles. The highest BCUT2D eigenvalue weighted by molar-refractivity contribution is 5.72. The molecule has 2 fully saturated rings. The highest BCUT2D eigenvalue weighted by Crippen LogP contribution is 2.56. The molecule has 0 radical (unpaired) electrons. The van der Waals surface area contributed by atoms with Crippen LogP contribution in [0.15, 0.2) is 22.7 Å². The second-order valence-corrected chi connectivity index (χ2v) is 6.27.